The predicted octanol–water partition coefficient (Wildman–Crippen LogP) is 2.97. The van der Waals surface area contributed by atoms with Gasteiger partial charge in [0.05, 0.1) is 11.9 Å². The fourth-order valence-corrected chi connectivity index (χ4v) is 5.83. The number of rotatable bonds is 5. The van der Waals surface area contributed by atoms with Crippen molar-refractivity contribution in [2.24, 2.45) is 5.92 Å². The smallest absolute Gasteiger partial charge is 0.357 e. The van der Waals surface area contributed by atoms with Crippen LogP contribution in [0, 0.1) is 12.8 Å². The van der Waals surface area contributed by atoms with Crippen LogP contribution in [0.1, 0.15) is 5.56 Å². The summed E-state index contributed by atoms with van der Waals surface area (Å²) in [5.41, 5.74) is 4.41. The summed E-state index contributed by atoms with van der Waals surface area (Å²) in [5.74, 6) is 0.739. The number of fused-ring (bicyclic) bond motifs is 2. The van der Waals surface area contributed by atoms with Crippen molar-refractivity contribution >= 4 is 26.8 Å². The molecule has 5 heterocycles. The van der Waals surface area contributed by atoms with Gasteiger partial charge < -0.3 is 9.80 Å². The molecule has 2 saturated heterocycles. The summed E-state index contributed by atoms with van der Waals surface area (Å²) in [6.07, 6.45) is 7.04. The Balaban J connectivity index is 1.26. The highest BCUT2D eigenvalue weighted by atomic mass is 32.2. The quantitative estimate of drug-likeness (QED) is 0.439. The second-order valence-corrected chi connectivity index (χ2v) is 10.8. The van der Waals surface area contributed by atoms with Gasteiger partial charge in [-0.15, -0.1) is 0 Å². The molecule has 2 aliphatic rings. The van der Waals surface area contributed by atoms with E-state index in [1.807, 2.05) is 25.4 Å². The van der Waals surface area contributed by atoms with Crippen LogP contribution in [0.25, 0.3) is 22.2 Å². The molecule has 0 aliphatic carbocycles. The molecular weight excluding hydrogens is 450 g/mol. The summed E-state index contributed by atoms with van der Waals surface area (Å²) in [7, 11) is -1.79. The standard InChI is InChI=1S/C25H25N5O3S/c1-17-3-5-23(6-4-17)34(31,32)33-30-8-7-18-9-19(12-27-25(18)30)20-10-22(13-26-11-20)29-15-21-14-28(2)24(21)16-29/h3-13,21,24H,14-16H2,1-2H3/t21-,24-/m1/s1. The van der Waals surface area contributed by atoms with Gasteiger partial charge in [0.15, 0.2) is 5.65 Å². The van der Waals surface area contributed by atoms with Crippen molar-refractivity contribution in [2.45, 2.75) is 17.9 Å². The first-order valence-corrected chi connectivity index (χ1v) is 12.7. The molecule has 0 unspecified atom stereocenters. The molecule has 3 aromatic heterocycles. The minimum atomic E-state index is -3.97. The first-order valence-electron chi connectivity index (χ1n) is 11.3. The van der Waals surface area contributed by atoms with Gasteiger partial charge in [-0.1, -0.05) is 17.7 Å². The van der Waals surface area contributed by atoms with E-state index in [1.165, 1.54) is 16.9 Å². The number of pyridine rings is 2. The number of aryl methyl sites for hydroxylation is 1. The van der Waals surface area contributed by atoms with Crippen LogP contribution in [0.4, 0.5) is 5.69 Å². The zero-order chi connectivity index (χ0) is 23.4. The van der Waals surface area contributed by atoms with Gasteiger partial charge in [0.1, 0.15) is 4.90 Å². The SMILES string of the molecule is Cc1ccc(S(=O)(=O)On2ccc3cc(-c4cncc(N5C[C@H]6CN(C)[C@@H]6C5)c4)cnc32)cc1. The van der Waals surface area contributed by atoms with E-state index in [-0.39, 0.29) is 4.90 Å². The van der Waals surface area contributed by atoms with Crippen molar-refractivity contribution < 1.29 is 12.7 Å². The first-order chi connectivity index (χ1) is 16.4. The molecule has 2 fully saturated rings. The average molecular weight is 476 g/mol. The van der Waals surface area contributed by atoms with Gasteiger partial charge in [-0.3, -0.25) is 9.27 Å². The maximum atomic E-state index is 12.7. The van der Waals surface area contributed by atoms with Crippen LogP contribution in [0.2, 0.25) is 0 Å². The Morgan fingerprint density at radius 2 is 1.76 bits per heavy atom. The number of aromatic nitrogens is 3. The zero-order valence-electron chi connectivity index (χ0n) is 19.0. The van der Waals surface area contributed by atoms with Crippen molar-refractivity contribution in [3.8, 4) is 11.1 Å². The minimum Gasteiger partial charge on any atom is -0.368 e. The van der Waals surface area contributed by atoms with Gasteiger partial charge in [-0.25, -0.2) is 4.98 Å². The minimum absolute atomic E-state index is 0.0982. The van der Waals surface area contributed by atoms with Gasteiger partial charge in [0.25, 0.3) is 0 Å². The molecule has 4 aromatic rings. The third-order valence-corrected chi connectivity index (χ3v) is 8.11. The number of likely N-dealkylation sites (tertiary alicyclic amines) is 1. The Kier molecular flexibility index (Phi) is 4.86. The fraction of sp³-hybridized carbons (Fsp3) is 0.280. The lowest BCUT2D eigenvalue weighted by Gasteiger charge is -2.40. The van der Waals surface area contributed by atoms with Crippen LogP contribution in [-0.4, -0.2) is 60.7 Å². The molecule has 0 bridgehead atoms. The molecule has 8 nitrogen and oxygen atoms in total. The van der Waals surface area contributed by atoms with Crippen LogP contribution in [0.3, 0.4) is 0 Å². The third kappa shape index (κ3) is 3.61. The maximum absolute atomic E-state index is 12.7. The highest BCUT2D eigenvalue weighted by molar-refractivity contribution is 7.87. The molecule has 2 atom stereocenters. The summed E-state index contributed by atoms with van der Waals surface area (Å²) in [5, 5.41) is 0.780. The molecule has 1 aromatic carbocycles. The normalized spacial score (nSPS) is 20.4. The van der Waals surface area contributed by atoms with Crippen molar-refractivity contribution in [1.29, 1.82) is 0 Å². The van der Waals surface area contributed by atoms with Gasteiger partial charge in [0, 0.05) is 66.7 Å². The van der Waals surface area contributed by atoms with Crippen molar-refractivity contribution in [1.82, 2.24) is 19.6 Å². The van der Waals surface area contributed by atoms with Gasteiger partial charge >= 0.3 is 10.1 Å². The van der Waals surface area contributed by atoms with Gasteiger partial charge in [-0.05, 0) is 44.3 Å². The lowest BCUT2D eigenvalue weighted by molar-refractivity contribution is 0.0827. The molecule has 0 N–H and O–H groups in total. The molecule has 0 saturated carbocycles. The highest BCUT2D eigenvalue weighted by Gasteiger charge is 2.43. The van der Waals surface area contributed by atoms with E-state index in [1.54, 1.807) is 30.6 Å². The van der Waals surface area contributed by atoms with Crippen LogP contribution in [0.15, 0.2) is 72.1 Å². The second kappa shape index (κ2) is 7.82. The van der Waals surface area contributed by atoms with E-state index in [0.29, 0.717) is 11.7 Å². The predicted molar refractivity (Wildman–Crippen MR) is 130 cm³/mol. The van der Waals surface area contributed by atoms with Crippen LogP contribution < -0.4 is 9.18 Å². The van der Waals surface area contributed by atoms with Crippen LogP contribution in [-0.2, 0) is 10.1 Å². The number of likely N-dealkylation sites (N-methyl/N-ethyl adjacent to an activating group) is 1. The third-order valence-electron chi connectivity index (χ3n) is 6.90. The monoisotopic (exact) mass is 475 g/mol. The number of anilines is 1. The Hall–Kier alpha value is -3.43. The fourth-order valence-electron chi connectivity index (χ4n) is 4.94. The van der Waals surface area contributed by atoms with E-state index in [9.17, 15) is 8.42 Å². The maximum Gasteiger partial charge on any atom is 0.357 e. The van der Waals surface area contributed by atoms with Gasteiger partial charge in [0.2, 0.25) is 0 Å². The molecule has 0 amide bonds. The van der Waals surface area contributed by atoms with Crippen molar-refractivity contribution in [3.05, 3.63) is 72.8 Å². The second-order valence-electron chi connectivity index (χ2n) is 9.22. The lowest BCUT2D eigenvalue weighted by atomic mass is 9.93. The van der Waals surface area contributed by atoms with E-state index in [0.717, 1.165) is 53.3 Å². The van der Waals surface area contributed by atoms with E-state index < -0.39 is 10.1 Å². The molecule has 34 heavy (non-hydrogen) atoms. The Bertz CT molecular complexity index is 1480. The summed E-state index contributed by atoms with van der Waals surface area (Å²) in [6, 6.07) is 13.1. The molecule has 9 heteroatoms. The summed E-state index contributed by atoms with van der Waals surface area (Å²) in [4.78, 5) is 13.9. The van der Waals surface area contributed by atoms with Crippen LogP contribution in [0.5, 0.6) is 0 Å². The topological polar surface area (TPSA) is 80.6 Å². The summed E-state index contributed by atoms with van der Waals surface area (Å²) < 4.78 is 31.9. The lowest BCUT2D eigenvalue weighted by Crippen LogP contribution is -2.52. The van der Waals surface area contributed by atoms with Crippen LogP contribution >= 0.6 is 0 Å². The first kappa shape index (κ1) is 21.1. The molecule has 6 rings (SSSR count). The number of nitrogens with zero attached hydrogens (tertiary/aromatic N) is 5. The summed E-state index contributed by atoms with van der Waals surface area (Å²) >= 11 is 0. The largest absolute Gasteiger partial charge is 0.368 e. The molecular formula is C25H25N5O3S. The van der Waals surface area contributed by atoms with Crippen molar-refractivity contribution in [2.75, 3.05) is 31.6 Å². The number of benzene rings is 1. The average Bonchev–Trinajstić information content (AvgIpc) is 3.39. The Morgan fingerprint density at radius 3 is 2.53 bits per heavy atom. The number of hydrogen-bond acceptors (Lipinski definition) is 7. The number of hydrogen-bond donors (Lipinski definition) is 0. The molecule has 174 valence electrons. The van der Waals surface area contributed by atoms with E-state index >= 15 is 0 Å². The highest BCUT2D eigenvalue weighted by Crippen LogP contribution is 2.34. The molecule has 0 spiro atoms. The van der Waals surface area contributed by atoms with E-state index in [2.05, 4.69) is 32.9 Å². The van der Waals surface area contributed by atoms with E-state index in [4.69, 9.17) is 4.28 Å². The molecule has 0 radical (unpaired) electrons. The zero-order valence-corrected chi connectivity index (χ0v) is 19.8. The Labute approximate surface area is 198 Å². The molecule has 2 aliphatic heterocycles. The Morgan fingerprint density at radius 1 is 0.971 bits per heavy atom. The summed E-state index contributed by atoms with van der Waals surface area (Å²) in [6.45, 7) is 5.15. The van der Waals surface area contributed by atoms with Crippen molar-refractivity contribution in [3.63, 3.8) is 0 Å². The van der Waals surface area contributed by atoms with Gasteiger partial charge in [-0.2, -0.15) is 13.1 Å².